The van der Waals surface area contributed by atoms with Gasteiger partial charge in [-0.05, 0) is 42.6 Å². The zero-order chi connectivity index (χ0) is 19.9. The quantitative estimate of drug-likeness (QED) is 0.570. The molecule has 1 atom stereocenters. The van der Waals surface area contributed by atoms with Gasteiger partial charge in [0.25, 0.3) is 0 Å². The number of ether oxygens (including phenoxy) is 2. The molecule has 0 aliphatic rings. The van der Waals surface area contributed by atoms with Crippen LogP contribution < -0.4 is 20.1 Å². The van der Waals surface area contributed by atoms with Crippen molar-refractivity contribution >= 4 is 22.9 Å². The van der Waals surface area contributed by atoms with Crippen LogP contribution in [0.25, 0.3) is 0 Å². The van der Waals surface area contributed by atoms with Crippen molar-refractivity contribution in [3.05, 3.63) is 70.7 Å². The van der Waals surface area contributed by atoms with Gasteiger partial charge in [0.1, 0.15) is 6.04 Å². The average Bonchev–Trinajstić information content (AvgIpc) is 3.22. The maximum absolute atomic E-state index is 14.5. The van der Waals surface area contributed by atoms with Crippen LogP contribution >= 0.6 is 11.3 Å². The average molecular weight is 400 g/mol. The number of amides is 1. The molecule has 7 heteroatoms. The molecule has 5 nitrogen and oxygen atoms in total. The van der Waals surface area contributed by atoms with E-state index in [1.165, 1.54) is 19.2 Å². The van der Waals surface area contributed by atoms with Gasteiger partial charge >= 0.3 is 0 Å². The molecule has 0 aliphatic carbocycles. The number of nitrogens with one attached hydrogen (secondary N) is 2. The van der Waals surface area contributed by atoms with E-state index < -0.39 is 11.9 Å². The zero-order valence-electron chi connectivity index (χ0n) is 15.6. The number of methoxy groups -OCH3 is 1. The number of benzene rings is 2. The highest BCUT2D eigenvalue weighted by Crippen LogP contribution is 2.33. The van der Waals surface area contributed by atoms with Crippen molar-refractivity contribution in [1.82, 2.24) is 5.32 Å². The van der Waals surface area contributed by atoms with E-state index >= 15 is 0 Å². The van der Waals surface area contributed by atoms with Gasteiger partial charge in [0.05, 0.1) is 13.7 Å². The number of para-hydroxylation sites is 2. The highest BCUT2D eigenvalue weighted by atomic mass is 32.1. The molecule has 28 heavy (non-hydrogen) atoms. The van der Waals surface area contributed by atoms with Gasteiger partial charge in [-0.1, -0.05) is 18.2 Å². The first-order valence-corrected chi connectivity index (χ1v) is 9.62. The molecular formula is C21H21FN2O3S. The van der Waals surface area contributed by atoms with Crippen LogP contribution in [0.1, 0.15) is 11.8 Å². The van der Waals surface area contributed by atoms with Crippen LogP contribution in [-0.2, 0) is 11.3 Å². The SMILES string of the molecule is COc1ccccc1Oc1ccc(NC(C)C(=O)NCc2cccs2)cc1F. The molecule has 2 aromatic carbocycles. The summed E-state index contributed by atoms with van der Waals surface area (Å²) in [6, 6.07) is 14.9. The number of hydrogen-bond acceptors (Lipinski definition) is 5. The Bertz CT molecular complexity index is 931. The van der Waals surface area contributed by atoms with E-state index in [9.17, 15) is 9.18 Å². The molecule has 1 amide bonds. The molecule has 0 bridgehead atoms. The number of halogens is 1. The summed E-state index contributed by atoms with van der Waals surface area (Å²) in [6.45, 7) is 2.20. The lowest BCUT2D eigenvalue weighted by atomic mass is 10.2. The Morgan fingerprint density at radius 2 is 1.89 bits per heavy atom. The maximum atomic E-state index is 14.5. The lowest BCUT2D eigenvalue weighted by molar-refractivity contribution is -0.121. The van der Waals surface area contributed by atoms with Crippen LogP contribution in [0.4, 0.5) is 10.1 Å². The van der Waals surface area contributed by atoms with E-state index in [4.69, 9.17) is 9.47 Å². The summed E-state index contributed by atoms with van der Waals surface area (Å²) < 4.78 is 25.3. The highest BCUT2D eigenvalue weighted by Gasteiger charge is 2.14. The molecule has 1 heterocycles. The molecule has 0 aliphatic heterocycles. The summed E-state index contributed by atoms with van der Waals surface area (Å²) in [4.78, 5) is 13.3. The van der Waals surface area contributed by atoms with Crippen LogP contribution in [0, 0.1) is 5.82 Å². The fourth-order valence-electron chi connectivity index (χ4n) is 2.55. The minimum absolute atomic E-state index is 0.0739. The van der Waals surface area contributed by atoms with Gasteiger partial charge in [-0.25, -0.2) is 4.39 Å². The van der Waals surface area contributed by atoms with Crippen LogP contribution in [0.5, 0.6) is 17.2 Å². The third kappa shape index (κ3) is 5.01. The zero-order valence-corrected chi connectivity index (χ0v) is 16.4. The van der Waals surface area contributed by atoms with Crippen LogP contribution in [0.3, 0.4) is 0 Å². The molecule has 1 aromatic heterocycles. The van der Waals surface area contributed by atoms with Crippen LogP contribution in [0.15, 0.2) is 60.0 Å². The van der Waals surface area contributed by atoms with E-state index in [0.29, 0.717) is 23.7 Å². The minimum atomic E-state index is -0.540. The summed E-state index contributed by atoms with van der Waals surface area (Å²) in [5.41, 5.74) is 0.489. The molecule has 1 unspecified atom stereocenters. The van der Waals surface area contributed by atoms with Crippen molar-refractivity contribution in [2.75, 3.05) is 12.4 Å². The predicted octanol–water partition coefficient (Wildman–Crippen LogP) is 4.80. The van der Waals surface area contributed by atoms with Crippen molar-refractivity contribution in [2.45, 2.75) is 19.5 Å². The lowest BCUT2D eigenvalue weighted by Gasteiger charge is -2.16. The van der Waals surface area contributed by atoms with E-state index in [2.05, 4.69) is 10.6 Å². The normalized spacial score (nSPS) is 11.5. The number of thiophene rings is 1. The minimum Gasteiger partial charge on any atom is -0.493 e. The van der Waals surface area contributed by atoms with Crippen molar-refractivity contribution in [3.8, 4) is 17.2 Å². The fraction of sp³-hybridized carbons (Fsp3) is 0.190. The second-order valence-corrected chi connectivity index (χ2v) is 7.09. The van der Waals surface area contributed by atoms with Crippen molar-refractivity contribution < 1.29 is 18.7 Å². The smallest absolute Gasteiger partial charge is 0.242 e. The van der Waals surface area contributed by atoms with E-state index in [1.54, 1.807) is 48.6 Å². The second-order valence-electron chi connectivity index (χ2n) is 6.06. The predicted molar refractivity (Wildman–Crippen MR) is 109 cm³/mol. The maximum Gasteiger partial charge on any atom is 0.242 e. The Hall–Kier alpha value is -3.06. The standard InChI is InChI=1S/C21H21FN2O3S/c1-14(21(25)23-13-16-6-5-11-28-16)24-15-9-10-18(17(22)12-15)27-20-8-4-3-7-19(20)26-2/h3-12,14,24H,13H2,1-2H3,(H,23,25). The molecule has 146 valence electrons. The van der Waals surface area contributed by atoms with Gasteiger partial charge in [0.2, 0.25) is 5.91 Å². The largest absolute Gasteiger partial charge is 0.493 e. The second kappa shape index (κ2) is 9.23. The van der Waals surface area contributed by atoms with Gasteiger partial charge in [-0.15, -0.1) is 11.3 Å². The molecule has 3 rings (SSSR count). The van der Waals surface area contributed by atoms with E-state index in [0.717, 1.165) is 4.88 Å². The van der Waals surface area contributed by atoms with Gasteiger partial charge in [0, 0.05) is 16.6 Å². The Morgan fingerprint density at radius 1 is 1.11 bits per heavy atom. The molecule has 0 radical (unpaired) electrons. The van der Waals surface area contributed by atoms with Crippen molar-refractivity contribution in [3.63, 3.8) is 0 Å². The summed E-state index contributed by atoms with van der Waals surface area (Å²) in [5.74, 6) is 0.307. The first-order valence-electron chi connectivity index (χ1n) is 8.74. The van der Waals surface area contributed by atoms with Crippen LogP contribution in [-0.4, -0.2) is 19.1 Å². The van der Waals surface area contributed by atoms with E-state index in [-0.39, 0.29) is 11.7 Å². The molecular weight excluding hydrogens is 379 g/mol. The highest BCUT2D eigenvalue weighted by molar-refractivity contribution is 7.09. The first-order chi connectivity index (χ1) is 13.6. The van der Waals surface area contributed by atoms with Gasteiger partial charge < -0.3 is 20.1 Å². The number of rotatable bonds is 8. The number of anilines is 1. The Morgan fingerprint density at radius 3 is 2.57 bits per heavy atom. The lowest BCUT2D eigenvalue weighted by Crippen LogP contribution is -2.37. The third-order valence-electron chi connectivity index (χ3n) is 4.01. The van der Waals surface area contributed by atoms with Gasteiger partial charge in [-0.3, -0.25) is 4.79 Å². The summed E-state index contributed by atoms with van der Waals surface area (Å²) in [5, 5.41) is 7.81. The first kappa shape index (κ1) is 19.7. The Labute approximate surface area is 167 Å². The molecule has 3 aromatic rings. The summed E-state index contributed by atoms with van der Waals surface area (Å²) >= 11 is 1.58. The molecule has 0 spiro atoms. The number of hydrogen-bond donors (Lipinski definition) is 2. The monoisotopic (exact) mass is 400 g/mol. The Balaban J connectivity index is 1.61. The Kier molecular flexibility index (Phi) is 6.49. The summed E-state index contributed by atoms with van der Waals surface area (Å²) in [7, 11) is 1.52. The summed E-state index contributed by atoms with van der Waals surface area (Å²) in [6.07, 6.45) is 0. The van der Waals surface area contributed by atoms with E-state index in [1.807, 2.05) is 17.5 Å². The molecule has 2 N–H and O–H groups in total. The molecule has 0 saturated carbocycles. The van der Waals surface area contributed by atoms with Crippen LogP contribution in [0.2, 0.25) is 0 Å². The molecule has 0 saturated heterocycles. The van der Waals surface area contributed by atoms with Gasteiger partial charge in [0.15, 0.2) is 23.1 Å². The third-order valence-corrected chi connectivity index (χ3v) is 4.89. The van der Waals surface area contributed by atoms with Crippen molar-refractivity contribution in [2.24, 2.45) is 0 Å². The number of carbonyl (C=O) groups is 1. The van der Waals surface area contributed by atoms with Crippen molar-refractivity contribution in [1.29, 1.82) is 0 Å². The number of carbonyl (C=O) groups excluding carboxylic acids is 1. The van der Waals surface area contributed by atoms with Gasteiger partial charge in [-0.2, -0.15) is 0 Å². The topological polar surface area (TPSA) is 59.6 Å². The molecule has 0 fully saturated rings. The fourth-order valence-corrected chi connectivity index (χ4v) is 3.20.